The predicted octanol–water partition coefficient (Wildman–Crippen LogP) is 1.95. The lowest BCUT2D eigenvalue weighted by atomic mass is 10.4. The van der Waals surface area contributed by atoms with Crippen LogP contribution in [0.3, 0.4) is 0 Å². The van der Waals surface area contributed by atoms with Crippen molar-refractivity contribution >= 4 is 9.04 Å². The van der Waals surface area contributed by atoms with Crippen molar-refractivity contribution in [3.63, 3.8) is 0 Å². The number of rotatable bonds is 4. The summed E-state index contributed by atoms with van der Waals surface area (Å²) in [5, 5.41) is 0. The minimum atomic E-state index is -0.764. The zero-order valence-electron chi connectivity index (χ0n) is 6.55. The first-order chi connectivity index (χ1) is 4.27. The molecule has 0 aromatic carbocycles. The van der Waals surface area contributed by atoms with Gasteiger partial charge in [-0.05, 0) is 19.5 Å². The smallest absolute Gasteiger partial charge is 0.171 e. The zero-order valence-corrected chi connectivity index (χ0v) is 7.71. The van der Waals surface area contributed by atoms with Gasteiger partial charge < -0.3 is 4.43 Å². The van der Waals surface area contributed by atoms with Gasteiger partial charge in [-0.15, -0.1) is 0 Å². The van der Waals surface area contributed by atoms with Crippen LogP contribution in [0.15, 0.2) is 12.2 Å². The van der Waals surface area contributed by atoms with Gasteiger partial charge in [0.05, 0.1) is 6.61 Å². The van der Waals surface area contributed by atoms with Gasteiger partial charge in [0.2, 0.25) is 0 Å². The summed E-state index contributed by atoms with van der Waals surface area (Å²) >= 11 is 0. The summed E-state index contributed by atoms with van der Waals surface area (Å²) in [4.78, 5) is 0. The minimum Gasteiger partial charge on any atom is -0.417 e. The van der Waals surface area contributed by atoms with Crippen molar-refractivity contribution in [1.82, 2.24) is 0 Å². The fraction of sp³-hybridized carbons (Fsp3) is 0.714. The molecule has 0 aliphatic rings. The van der Waals surface area contributed by atoms with Crippen LogP contribution in [0.25, 0.3) is 0 Å². The van der Waals surface area contributed by atoms with Crippen LogP contribution in [-0.2, 0) is 4.43 Å². The number of allylic oxidation sites excluding steroid dienone is 1. The van der Waals surface area contributed by atoms with E-state index < -0.39 is 9.04 Å². The maximum Gasteiger partial charge on any atom is 0.171 e. The van der Waals surface area contributed by atoms with E-state index in [4.69, 9.17) is 4.43 Å². The average Bonchev–Trinajstić information content (AvgIpc) is 1.80. The van der Waals surface area contributed by atoms with Gasteiger partial charge in [0, 0.05) is 0 Å². The molecule has 0 fully saturated rings. The Morgan fingerprint density at radius 2 is 2.00 bits per heavy atom. The molecule has 0 unspecified atom stereocenters. The summed E-state index contributed by atoms with van der Waals surface area (Å²) in [6, 6.07) is 0. The van der Waals surface area contributed by atoms with Crippen LogP contribution in [0.2, 0.25) is 13.1 Å². The Morgan fingerprint density at radius 3 is 2.44 bits per heavy atom. The van der Waals surface area contributed by atoms with E-state index in [1.807, 2.05) is 0 Å². The Bertz CT molecular complexity index is 79.0. The van der Waals surface area contributed by atoms with E-state index in [9.17, 15) is 0 Å². The maximum absolute atomic E-state index is 5.40. The highest BCUT2D eigenvalue weighted by atomic mass is 28.3. The SMILES string of the molecule is CCC=CCO[SiH](C)C. The Hall–Kier alpha value is -0.0831. The van der Waals surface area contributed by atoms with Crippen LogP contribution in [0.1, 0.15) is 13.3 Å². The molecule has 0 bridgehead atoms. The molecule has 2 heteroatoms. The Morgan fingerprint density at radius 1 is 1.33 bits per heavy atom. The summed E-state index contributed by atoms with van der Waals surface area (Å²) in [6.07, 6.45) is 5.34. The fourth-order valence-electron chi connectivity index (χ4n) is 0.483. The highest BCUT2D eigenvalue weighted by Crippen LogP contribution is 1.85. The molecule has 0 N–H and O–H groups in total. The molecule has 0 aromatic rings. The summed E-state index contributed by atoms with van der Waals surface area (Å²) in [5.74, 6) is 0. The molecule has 0 heterocycles. The van der Waals surface area contributed by atoms with Crippen LogP contribution in [0, 0.1) is 0 Å². The highest BCUT2D eigenvalue weighted by molar-refractivity contribution is 6.48. The predicted molar refractivity (Wildman–Crippen MR) is 44.3 cm³/mol. The van der Waals surface area contributed by atoms with Crippen molar-refractivity contribution in [1.29, 1.82) is 0 Å². The molecule has 0 aliphatic heterocycles. The first-order valence-corrected chi connectivity index (χ1v) is 6.32. The molecule has 0 radical (unpaired) electrons. The van der Waals surface area contributed by atoms with Crippen molar-refractivity contribution in [3.8, 4) is 0 Å². The van der Waals surface area contributed by atoms with E-state index in [2.05, 4.69) is 32.2 Å². The van der Waals surface area contributed by atoms with E-state index in [1.54, 1.807) is 0 Å². The Kier molecular flexibility index (Phi) is 5.99. The molecule has 0 atom stereocenters. The standard InChI is InChI=1S/C7H16OSi/c1-4-5-6-7-8-9(2)3/h5-6,9H,4,7H2,1-3H3. The summed E-state index contributed by atoms with van der Waals surface area (Å²) < 4.78 is 5.40. The van der Waals surface area contributed by atoms with Crippen molar-refractivity contribution in [2.45, 2.75) is 26.4 Å². The molecule has 54 valence electrons. The van der Waals surface area contributed by atoms with Crippen LogP contribution < -0.4 is 0 Å². The molecule has 0 saturated carbocycles. The molecule has 9 heavy (non-hydrogen) atoms. The molecule has 0 aromatic heterocycles. The molecule has 0 rings (SSSR count). The Labute approximate surface area is 59.5 Å². The second-order valence-corrected chi connectivity index (χ2v) is 4.69. The number of hydrogen-bond donors (Lipinski definition) is 0. The molecule has 1 nitrogen and oxygen atoms in total. The van der Waals surface area contributed by atoms with Crippen LogP contribution in [0.4, 0.5) is 0 Å². The first-order valence-electron chi connectivity index (χ1n) is 3.54. The van der Waals surface area contributed by atoms with Crippen molar-refractivity contribution in [2.75, 3.05) is 6.61 Å². The molecule has 0 spiro atoms. The van der Waals surface area contributed by atoms with Crippen LogP contribution in [0.5, 0.6) is 0 Å². The summed E-state index contributed by atoms with van der Waals surface area (Å²) in [6.45, 7) is 7.31. The second-order valence-electron chi connectivity index (χ2n) is 2.26. The topological polar surface area (TPSA) is 9.23 Å². The van der Waals surface area contributed by atoms with E-state index in [1.165, 1.54) is 0 Å². The monoisotopic (exact) mass is 144 g/mol. The maximum atomic E-state index is 5.40. The van der Waals surface area contributed by atoms with Crippen LogP contribution in [-0.4, -0.2) is 15.6 Å². The largest absolute Gasteiger partial charge is 0.417 e. The van der Waals surface area contributed by atoms with Gasteiger partial charge in [0.1, 0.15) is 0 Å². The molecule has 0 saturated heterocycles. The lowest BCUT2D eigenvalue weighted by Crippen LogP contribution is -2.06. The Balaban J connectivity index is 2.99. The third-order valence-electron chi connectivity index (χ3n) is 0.928. The zero-order chi connectivity index (χ0) is 7.11. The number of hydrogen-bond acceptors (Lipinski definition) is 1. The van der Waals surface area contributed by atoms with E-state index in [0.29, 0.717) is 0 Å². The third-order valence-corrected chi connectivity index (χ3v) is 1.79. The molecule has 0 amide bonds. The van der Waals surface area contributed by atoms with Crippen molar-refractivity contribution < 1.29 is 4.43 Å². The average molecular weight is 144 g/mol. The quantitative estimate of drug-likeness (QED) is 0.433. The summed E-state index contributed by atoms with van der Waals surface area (Å²) in [7, 11) is -0.764. The van der Waals surface area contributed by atoms with Crippen LogP contribution >= 0.6 is 0 Å². The lowest BCUT2D eigenvalue weighted by molar-refractivity contribution is 0.374. The third kappa shape index (κ3) is 7.92. The normalized spacial score (nSPS) is 11.6. The molecular formula is C7H16OSi. The van der Waals surface area contributed by atoms with Gasteiger partial charge in [-0.3, -0.25) is 0 Å². The molecule has 0 aliphatic carbocycles. The lowest BCUT2D eigenvalue weighted by Gasteiger charge is -2.00. The van der Waals surface area contributed by atoms with Gasteiger partial charge >= 0.3 is 0 Å². The first kappa shape index (κ1) is 8.92. The summed E-state index contributed by atoms with van der Waals surface area (Å²) in [5.41, 5.74) is 0. The van der Waals surface area contributed by atoms with Gasteiger partial charge in [0.15, 0.2) is 9.04 Å². The van der Waals surface area contributed by atoms with Gasteiger partial charge in [-0.2, -0.15) is 0 Å². The van der Waals surface area contributed by atoms with Crippen molar-refractivity contribution in [2.24, 2.45) is 0 Å². The van der Waals surface area contributed by atoms with Gasteiger partial charge in [0.25, 0.3) is 0 Å². The highest BCUT2D eigenvalue weighted by Gasteiger charge is 1.89. The van der Waals surface area contributed by atoms with E-state index >= 15 is 0 Å². The second kappa shape index (κ2) is 6.04. The molecular weight excluding hydrogens is 128 g/mol. The van der Waals surface area contributed by atoms with E-state index in [0.717, 1.165) is 13.0 Å². The van der Waals surface area contributed by atoms with Crippen molar-refractivity contribution in [3.05, 3.63) is 12.2 Å². The fourth-order valence-corrected chi connectivity index (χ4v) is 0.979. The van der Waals surface area contributed by atoms with E-state index in [-0.39, 0.29) is 0 Å². The van der Waals surface area contributed by atoms with Gasteiger partial charge in [-0.25, -0.2) is 0 Å². The minimum absolute atomic E-state index is 0.764. The van der Waals surface area contributed by atoms with Gasteiger partial charge in [-0.1, -0.05) is 19.1 Å².